The molecular formula is C32H38N4O7. The number of carbonyl (C=O) groups is 3. The molecule has 0 spiro atoms. The number of amidine groups is 1. The summed E-state index contributed by atoms with van der Waals surface area (Å²) >= 11 is 0. The van der Waals surface area contributed by atoms with E-state index in [1.54, 1.807) is 55.5 Å². The van der Waals surface area contributed by atoms with Crippen molar-refractivity contribution in [3.8, 4) is 5.75 Å². The minimum atomic E-state index is -1.02. The van der Waals surface area contributed by atoms with E-state index < -0.39 is 12.1 Å². The molecule has 11 nitrogen and oxygen atoms in total. The molecule has 2 amide bonds. The highest BCUT2D eigenvalue weighted by molar-refractivity contribution is 6.09. The number of amides is 2. The molecule has 0 bridgehead atoms. The Hall–Kier alpha value is -4.90. The van der Waals surface area contributed by atoms with E-state index in [9.17, 15) is 24.6 Å². The predicted octanol–water partition coefficient (Wildman–Crippen LogP) is 5.09. The number of carboxylic acids is 1. The number of aryl methyl sites for hydroxylation is 1. The zero-order valence-corrected chi connectivity index (χ0v) is 24.7. The van der Waals surface area contributed by atoms with E-state index in [0.717, 1.165) is 5.56 Å². The number of hydrogen-bond acceptors (Lipinski definition) is 8. The van der Waals surface area contributed by atoms with Gasteiger partial charge in [0.2, 0.25) is 0 Å². The first-order valence-corrected chi connectivity index (χ1v) is 14.0. The van der Waals surface area contributed by atoms with E-state index in [1.807, 2.05) is 26.8 Å². The Morgan fingerprint density at radius 2 is 1.70 bits per heavy atom. The Bertz CT molecular complexity index is 1470. The van der Waals surface area contributed by atoms with Crippen LogP contribution in [0.2, 0.25) is 0 Å². The first-order valence-electron chi connectivity index (χ1n) is 14.0. The van der Waals surface area contributed by atoms with Gasteiger partial charge in [0.1, 0.15) is 11.6 Å². The largest absolute Gasteiger partial charge is 0.491 e. The van der Waals surface area contributed by atoms with Crippen LogP contribution in [0.15, 0.2) is 54.6 Å². The molecule has 0 saturated heterocycles. The molecule has 0 aliphatic carbocycles. The van der Waals surface area contributed by atoms with Gasteiger partial charge in [-0.05, 0) is 86.3 Å². The normalized spacial score (nSPS) is 10.7. The summed E-state index contributed by atoms with van der Waals surface area (Å²) in [6.07, 6.45) is -0.479. The van der Waals surface area contributed by atoms with Gasteiger partial charge in [0.05, 0.1) is 31.3 Å². The second-order valence-electron chi connectivity index (χ2n) is 9.97. The molecule has 0 saturated carbocycles. The molecule has 0 aromatic heterocycles. The van der Waals surface area contributed by atoms with Crippen LogP contribution < -0.4 is 20.7 Å². The fourth-order valence-corrected chi connectivity index (χ4v) is 4.33. The molecule has 0 fully saturated rings. The van der Waals surface area contributed by atoms with E-state index in [4.69, 9.17) is 14.9 Å². The first-order chi connectivity index (χ1) is 20.5. The van der Waals surface area contributed by atoms with E-state index in [-0.39, 0.29) is 44.0 Å². The first kappa shape index (κ1) is 32.6. The van der Waals surface area contributed by atoms with Crippen LogP contribution in [0.25, 0.3) is 0 Å². The number of aliphatic hydroxyl groups is 1. The number of hydrogen-bond donors (Lipinski definition) is 6. The molecule has 0 heterocycles. The summed E-state index contributed by atoms with van der Waals surface area (Å²) in [6, 6.07) is 15.3. The van der Waals surface area contributed by atoms with Gasteiger partial charge >= 0.3 is 12.1 Å². The number of nitrogens with one attached hydrogen (secondary N) is 4. The van der Waals surface area contributed by atoms with Crippen LogP contribution in [0.4, 0.5) is 16.2 Å². The average molecular weight is 591 g/mol. The monoisotopic (exact) mass is 590 g/mol. The van der Waals surface area contributed by atoms with Crippen LogP contribution in [-0.4, -0.2) is 46.7 Å². The fraction of sp³-hybridized carbons (Fsp3) is 0.312. The maximum atomic E-state index is 13.4. The van der Waals surface area contributed by atoms with Gasteiger partial charge in [-0.15, -0.1) is 0 Å². The Labute approximate surface area is 250 Å². The number of aliphatic carboxylic acids is 1. The van der Waals surface area contributed by atoms with Crippen LogP contribution in [0.1, 0.15) is 65.9 Å². The lowest BCUT2D eigenvalue weighted by Gasteiger charge is -2.20. The number of carboxylic acid groups (broad SMARTS) is 1. The van der Waals surface area contributed by atoms with Gasteiger partial charge in [0.15, 0.2) is 0 Å². The lowest BCUT2D eigenvalue weighted by Crippen LogP contribution is -2.31. The summed E-state index contributed by atoms with van der Waals surface area (Å²) < 4.78 is 10.7. The lowest BCUT2D eigenvalue weighted by molar-refractivity contribution is -0.136. The van der Waals surface area contributed by atoms with Gasteiger partial charge in [-0.1, -0.05) is 19.1 Å². The van der Waals surface area contributed by atoms with Crippen molar-refractivity contribution in [1.82, 2.24) is 5.32 Å². The van der Waals surface area contributed by atoms with Crippen molar-refractivity contribution in [3.05, 3.63) is 88.0 Å². The number of anilines is 2. The SMILES string of the molecule is CCOC(=O)NC(=N)c1ccc(NC(=O)c2cc(CC)ccc2NCc2cc(CO)cc(OC(C)C)c2CC(=O)O)cc1. The summed E-state index contributed by atoms with van der Waals surface area (Å²) in [7, 11) is 0. The van der Waals surface area contributed by atoms with E-state index in [0.29, 0.717) is 51.4 Å². The van der Waals surface area contributed by atoms with Crippen molar-refractivity contribution < 1.29 is 34.1 Å². The van der Waals surface area contributed by atoms with Crippen LogP contribution in [0.3, 0.4) is 0 Å². The highest BCUT2D eigenvalue weighted by atomic mass is 16.5. The average Bonchev–Trinajstić information content (AvgIpc) is 2.97. The molecule has 0 atom stereocenters. The Morgan fingerprint density at radius 1 is 0.977 bits per heavy atom. The molecular weight excluding hydrogens is 552 g/mol. The van der Waals surface area contributed by atoms with Crippen LogP contribution in [-0.2, 0) is 35.5 Å². The molecule has 228 valence electrons. The number of benzene rings is 3. The van der Waals surface area contributed by atoms with Crippen LogP contribution >= 0.6 is 0 Å². The Kier molecular flexibility index (Phi) is 11.7. The van der Waals surface area contributed by atoms with E-state index in [2.05, 4.69) is 16.0 Å². The molecule has 0 radical (unpaired) electrons. The molecule has 43 heavy (non-hydrogen) atoms. The quantitative estimate of drug-likeness (QED) is 0.118. The van der Waals surface area contributed by atoms with Crippen molar-refractivity contribution >= 4 is 35.2 Å². The van der Waals surface area contributed by atoms with Gasteiger partial charge in [0.25, 0.3) is 5.91 Å². The van der Waals surface area contributed by atoms with Crippen molar-refractivity contribution in [2.45, 2.75) is 59.8 Å². The molecule has 3 rings (SSSR count). The summed E-state index contributed by atoms with van der Waals surface area (Å²) in [5, 5.41) is 35.9. The summed E-state index contributed by atoms with van der Waals surface area (Å²) in [5.41, 5.74) is 4.49. The predicted molar refractivity (Wildman–Crippen MR) is 164 cm³/mol. The number of aliphatic hydroxyl groups excluding tert-OH is 1. The van der Waals surface area contributed by atoms with Gasteiger partial charge in [-0.2, -0.15) is 0 Å². The molecule has 3 aromatic rings. The summed E-state index contributed by atoms with van der Waals surface area (Å²) in [4.78, 5) is 36.7. The Balaban J connectivity index is 1.85. The third-order valence-electron chi connectivity index (χ3n) is 6.37. The van der Waals surface area contributed by atoms with Crippen molar-refractivity contribution in [1.29, 1.82) is 5.41 Å². The lowest BCUT2D eigenvalue weighted by atomic mass is 9.99. The maximum Gasteiger partial charge on any atom is 0.412 e. The molecule has 3 aromatic carbocycles. The summed E-state index contributed by atoms with van der Waals surface area (Å²) in [6.45, 7) is 7.45. The van der Waals surface area contributed by atoms with Gasteiger partial charge in [-0.25, -0.2) is 4.79 Å². The third kappa shape index (κ3) is 9.30. The molecule has 0 unspecified atom stereocenters. The maximum absolute atomic E-state index is 13.4. The van der Waals surface area contributed by atoms with Crippen LogP contribution in [0, 0.1) is 5.41 Å². The molecule has 11 heteroatoms. The molecule has 0 aliphatic heterocycles. The second kappa shape index (κ2) is 15.4. The van der Waals surface area contributed by atoms with Crippen molar-refractivity contribution in [2.75, 3.05) is 17.2 Å². The Morgan fingerprint density at radius 3 is 2.30 bits per heavy atom. The van der Waals surface area contributed by atoms with Gasteiger partial charge < -0.3 is 30.3 Å². The van der Waals surface area contributed by atoms with Crippen LogP contribution in [0.5, 0.6) is 5.75 Å². The zero-order valence-electron chi connectivity index (χ0n) is 24.7. The fourth-order valence-electron chi connectivity index (χ4n) is 4.33. The number of rotatable bonds is 13. The minimum absolute atomic E-state index is 0.132. The highest BCUT2D eigenvalue weighted by Gasteiger charge is 2.18. The smallest absolute Gasteiger partial charge is 0.412 e. The third-order valence-corrected chi connectivity index (χ3v) is 6.37. The van der Waals surface area contributed by atoms with Gasteiger partial charge in [0, 0.05) is 29.0 Å². The van der Waals surface area contributed by atoms with Gasteiger partial charge in [-0.3, -0.25) is 20.3 Å². The minimum Gasteiger partial charge on any atom is -0.491 e. The van der Waals surface area contributed by atoms with Crippen molar-refractivity contribution in [3.63, 3.8) is 0 Å². The summed E-state index contributed by atoms with van der Waals surface area (Å²) in [5.74, 6) is -1.12. The zero-order chi connectivity index (χ0) is 31.5. The second-order valence-corrected chi connectivity index (χ2v) is 9.97. The molecule has 0 aliphatic rings. The van der Waals surface area contributed by atoms with E-state index in [1.165, 1.54) is 0 Å². The topological polar surface area (TPSA) is 170 Å². The van der Waals surface area contributed by atoms with E-state index >= 15 is 0 Å². The highest BCUT2D eigenvalue weighted by Crippen LogP contribution is 2.29. The number of carbonyl (C=O) groups excluding carboxylic acids is 2. The standard InChI is InChI=1S/C32H38N4O7/c1-5-20-7-12-27(34-17-23-13-21(18-37)15-28(43-19(3)4)25(23)16-29(38)39)26(14-20)31(40)35-24-10-8-22(9-11-24)30(33)36-32(41)42-6-2/h7-15,19,34,37H,5-6,16-18H2,1-4H3,(H,35,40)(H,38,39)(H2,33,36,41). The number of alkyl carbamates (subject to hydrolysis) is 1. The molecule has 6 N–H and O–H groups in total. The van der Waals surface area contributed by atoms with Crippen molar-refractivity contribution in [2.24, 2.45) is 0 Å². The number of ether oxygens (including phenoxy) is 2.